The van der Waals surface area contributed by atoms with Crippen LogP contribution in [0.2, 0.25) is 0 Å². The second kappa shape index (κ2) is 11.1. The van der Waals surface area contributed by atoms with Gasteiger partial charge >= 0.3 is 6.09 Å². The molecule has 2 heterocycles. The van der Waals surface area contributed by atoms with Crippen LogP contribution in [0.15, 0.2) is 54.6 Å². The first-order valence-corrected chi connectivity index (χ1v) is 14.7. The lowest BCUT2D eigenvalue weighted by Gasteiger charge is -2.43. The molecule has 8 heteroatoms. The number of fused-ring (bicyclic) bond motifs is 1. The maximum Gasteiger partial charge on any atom is 0.415 e. The third kappa shape index (κ3) is 5.05. The van der Waals surface area contributed by atoms with Crippen LogP contribution in [0.1, 0.15) is 57.1 Å². The highest BCUT2D eigenvalue weighted by Gasteiger charge is 2.81. The lowest BCUT2D eigenvalue weighted by molar-refractivity contribution is -0.121. The van der Waals surface area contributed by atoms with E-state index < -0.39 is 28.9 Å². The first kappa shape index (κ1) is 28.9. The quantitative estimate of drug-likeness (QED) is 0.327. The fourth-order valence-corrected chi connectivity index (χ4v) is 6.91. The molecule has 4 bridgehead atoms. The van der Waals surface area contributed by atoms with Gasteiger partial charge in [-0.05, 0) is 69.0 Å². The van der Waals surface area contributed by atoms with Crippen molar-refractivity contribution in [2.24, 2.45) is 5.92 Å². The van der Waals surface area contributed by atoms with Crippen molar-refractivity contribution in [3.8, 4) is 35.2 Å². The van der Waals surface area contributed by atoms with Gasteiger partial charge in [0, 0.05) is 18.4 Å². The van der Waals surface area contributed by atoms with Crippen LogP contribution in [0.3, 0.4) is 0 Å². The van der Waals surface area contributed by atoms with E-state index in [0.29, 0.717) is 11.5 Å². The lowest BCUT2D eigenvalue weighted by Crippen LogP contribution is -2.57. The number of allylic oxidation sites excluding steroid dienone is 2. The number of hydrogen-bond acceptors (Lipinski definition) is 7. The van der Waals surface area contributed by atoms with Crippen LogP contribution in [0.5, 0.6) is 11.5 Å². The molecule has 1 saturated carbocycles. The maximum atomic E-state index is 13.9. The number of rotatable bonds is 9. The Hall–Kier alpha value is -4.24. The van der Waals surface area contributed by atoms with Crippen molar-refractivity contribution in [2.45, 2.75) is 75.4 Å². The molecule has 1 N–H and O–H groups in total. The molecule has 8 nitrogen and oxygen atoms in total. The first-order valence-electron chi connectivity index (χ1n) is 14.7. The molecule has 222 valence electrons. The van der Waals surface area contributed by atoms with E-state index in [1.54, 1.807) is 42.2 Å². The van der Waals surface area contributed by atoms with Crippen molar-refractivity contribution in [1.29, 1.82) is 0 Å². The summed E-state index contributed by atoms with van der Waals surface area (Å²) in [5, 5.41) is 10.4. The second-order valence-corrected chi connectivity index (χ2v) is 11.9. The van der Waals surface area contributed by atoms with Crippen molar-refractivity contribution >= 4 is 17.6 Å². The minimum absolute atomic E-state index is 0.00855. The number of ether oxygens (including phenoxy) is 4. The maximum absolute atomic E-state index is 13.9. The molecule has 1 unspecified atom stereocenters. The predicted octanol–water partition coefficient (Wildman–Crippen LogP) is 5.06. The topological polar surface area (TPSA) is 97.8 Å². The van der Waals surface area contributed by atoms with Crippen molar-refractivity contribution in [3.63, 3.8) is 0 Å². The number of carbonyl (C=O) groups is 2. The number of para-hydroxylation sites is 1. The monoisotopic (exact) mass is 581 g/mol. The Morgan fingerprint density at radius 2 is 1.93 bits per heavy atom. The van der Waals surface area contributed by atoms with Crippen molar-refractivity contribution in [3.05, 3.63) is 65.7 Å². The molecule has 2 aliphatic carbocycles. The Labute approximate surface area is 251 Å². The Balaban J connectivity index is 1.21. The van der Waals surface area contributed by atoms with Gasteiger partial charge in [-0.15, -0.1) is 0 Å². The number of nitrogens with zero attached hydrogens (tertiary/aromatic N) is 1. The van der Waals surface area contributed by atoms with Crippen LogP contribution in [0, 0.1) is 29.6 Å². The summed E-state index contributed by atoms with van der Waals surface area (Å²) in [6.45, 7) is 3.28. The normalized spacial score (nSPS) is 27.8. The molecular formula is C35H35NO7. The molecule has 2 aliphatic heterocycles. The highest BCUT2D eigenvalue weighted by atomic mass is 16.6. The molecular weight excluding hydrogens is 546 g/mol. The van der Waals surface area contributed by atoms with Gasteiger partial charge < -0.3 is 24.1 Å². The fraction of sp³-hybridized carbons (Fsp3) is 0.429. The van der Waals surface area contributed by atoms with Gasteiger partial charge in [0.1, 0.15) is 29.6 Å². The molecule has 0 radical (unpaired) electrons. The van der Waals surface area contributed by atoms with E-state index in [0.717, 1.165) is 36.1 Å². The van der Waals surface area contributed by atoms with Crippen LogP contribution in [0.4, 0.5) is 10.5 Å². The number of hydrogen-bond donors (Lipinski definition) is 1. The highest BCUT2D eigenvalue weighted by molar-refractivity contribution is 5.93. The molecule has 0 spiro atoms. The Kier molecular flexibility index (Phi) is 7.46. The number of aliphatic hydroxyl groups is 1. The Morgan fingerprint density at radius 3 is 2.72 bits per heavy atom. The third-order valence-corrected chi connectivity index (χ3v) is 8.77. The van der Waals surface area contributed by atoms with Crippen molar-refractivity contribution < 1.29 is 33.6 Å². The van der Waals surface area contributed by atoms with E-state index in [4.69, 9.17) is 18.9 Å². The molecule has 1 saturated heterocycles. The zero-order valence-corrected chi connectivity index (χ0v) is 24.6. The van der Waals surface area contributed by atoms with Crippen LogP contribution in [-0.2, 0) is 26.5 Å². The minimum atomic E-state index is -1.15. The molecule has 43 heavy (non-hydrogen) atoms. The number of amides is 1. The predicted molar refractivity (Wildman–Crippen MR) is 159 cm³/mol. The third-order valence-electron chi connectivity index (χ3n) is 8.77. The van der Waals surface area contributed by atoms with Gasteiger partial charge in [-0.3, -0.25) is 9.69 Å². The Bertz CT molecular complexity index is 1600. The average molecular weight is 582 g/mol. The van der Waals surface area contributed by atoms with E-state index in [-0.39, 0.29) is 37.8 Å². The summed E-state index contributed by atoms with van der Waals surface area (Å²) in [6, 6.07) is 12.6. The van der Waals surface area contributed by atoms with E-state index >= 15 is 0 Å². The van der Waals surface area contributed by atoms with E-state index in [1.165, 1.54) is 14.0 Å². The number of ketones is 1. The van der Waals surface area contributed by atoms with E-state index in [1.807, 2.05) is 24.3 Å². The average Bonchev–Trinajstić information content (AvgIpc) is 3.70. The molecule has 0 aromatic heterocycles. The second-order valence-electron chi connectivity index (χ2n) is 11.9. The summed E-state index contributed by atoms with van der Waals surface area (Å²) in [4.78, 5) is 26.9. The zero-order valence-electron chi connectivity index (χ0n) is 24.6. The minimum Gasteiger partial charge on any atom is -0.493 e. The van der Waals surface area contributed by atoms with Crippen LogP contribution in [-0.4, -0.2) is 47.9 Å². The lowest BCUT2D eigenvalue weighted by atomic mass is 9.64. The van der Waals surface area contributed by atoms with Gasteiger partial charge in [0.25, 0.3) is 0 Å². The number of methoxy groups -OCH3 is 1. The van der Waals surface area contributed by atoms with Gasteiger partial charge in [0.2, 0.25) is 0 Å². The largest absolute Gasteiger partial charge is 0.493 e. The molecule has 2 aromatic carbocycles. The number of benzene rings is 2. The summed E-state index contributed by atoms with van der Waals surface area (Å²) in [7, 11) is 1.53. The SMILES string of the molecule is COc1cc(COC(=O)N2c3ccccc3[C@@]34O[C@]35CCC[C@H]4C#C/C=C\C#C[C@H]25)ccc1OCCC(C)(O)CC(C)=O. The fourth-order valence-electron chi connectivity index (χ4n) is 6.91. The van der Waals surface area contributed by atoms with Gasteiger partial charge in [-0.25, -0.2) is 4.79 Å². The summed E-state index contributed by atoms with van der Waals surface area (Å²) in [6.07, 6.45) is 5.97. The van der Waals surface area contributed by atoms with Gasteiger partial charge in [0.15, 0.2) is 11.5 Å². The number of epoxide rings is 1. The highest BCUT2D eigenvalue weighted by Crippen LogP contribution is 2.72. The summed E-state index contributed by atoms with van der Waals surface area (Å²) in [5.41, 5.74) is 0.0485. The molecule has 2 aromatic rings. The van der Waals surface area contributed by atoms with Crippen molar-refractivity contribution in [1.82, 2.24) is 0 Å². The van der Waals surface area contributed by atoms with Crippen LogP contribution < -0.4 is 14.4 Å². The number of anilines is 1. The molecule has 1 amide bonds. The number of carbonyl (C=O) groups excluding carboxylic acids is 2. The van der Waals surface area contributed by atoms with Crippen molar-refractivity contribution in [2.75, 3.05) is 18.6 Å². The molecule has 2 fully saturated rings. The van der Waals surface area contributed by atoms with Gasteiger partial charge in [-0.2, -0.15) is 0 Å². The molecule has 4 aliphatic rings. The van der Waals surface area contributed by atoms with Crippen LogP contribution >= 0.6 is 0 Å². The van der Waals surface area contributed by atoms with Gasteiger partial charge in [-0.1, -0.05) is 47.9 Å². The summed E-state index contributed by atoms with van der Waals surface area (Å²) >= 11 is 0. The van der Waals surface area contributed by atoms with Gasteiger partial charge in [0.05, 0.1) is 30.9 Å². The van der Waals surface area contributed by atoms with E-state index in [9.17, 15) is 14.7 Å². The molecule has 5 atom stereocenters. The Morgan fingerprint density at radius 1 is 1.14 bits per heavy atom. The van der Waals surface area contributed by atoms with E-state index in [2.05, 4.69) is 23.7 Å². The molecule has 6 rings (SSSR count). The summed E-state index contributed by atoms with van der Waals surface area (Å²) < 4.78 is 24.0. The van der Waals surface area contributed by atoms with Crippen LogP contribution in [0.25, 0.3) is 0 Å². The smallest absolute Gasteiger partial charge is 0.415 e. The standard InChI is InChI=1S/C35H35NO7/c1-24(37)22-33(2,39)19-20-41-29-17-16-25(21-30(29)40-3)23-42-32(38)36-28-14-9-8-13-27(28)35-26-11-6-4-5-7-15-31(36)34(35,43-35)18-10-12-26/h4-5,8-9,13-14,16-17,21,26,31,39H,10,12,18-20,22-23H2,1-3H3/b5-4-/t26-,31+,33?,34+,35-/m1/s1. The first-order chi connectivity index (χ1) is 20.7. The summed E-state index contributed by atoms with van der Waals surface area (Å²) in [5.74, 6) is 13.8. The number of Topliss-reactive ketones (excluding diaryl/α,β-unsaturated/α-hetero) is 1. The zero-order chi connectivity index (χ0) is 30.2.